The molecule has 0 bridgehead atoms. The summed E-state index contributed by atoms with van der Waals surface area (Å²) >= 11 is 0. The van der Waals surface area contributed by atoms with E-state index in [1.807, 2.05) is 24.3 Å². The lowest BCUT2D eigenvalue weighted by molar-refractivity contribution is 0.120. The van der Waals surface area contributed by atoms with Crippen molar-refractivity contribution in [1.82, 2.24) is 9.97 Å². The largest absolute Gasteiger partial charge is 0.378 e. The second-order valence-corrected chi connectivity index (χ2v) is 7.50. The molecule has 2 saturated heterocycles. The van der Waals surface area contributed by atoms with Gasteiger partial charge in [-0.15, -0.1) is 0 Å². The van der Waals surface area contributed by atoms with Crippen LogP contribution in [0, 0.1) is 0 Å². The van der Waals surface area contributed by atoms with E-state index in [1.54, 1.807) is 0 Å². The summed E-state index contributed by atoms with van der Waals surface area (Å²) in [5, 5.41) is 0. The van der Waals surface area contributed by atoms with Gasteiger partial charge in [0, 0.05) is 37.3 Å². The lowest BCUT2D eigenvalue weighted by Crippen LogP contribution is -2.41. The van der Waals surface area contributed by atoms with Crippen LogP contribution in [0.15, 0.2) is 60.7 Å². The van der Waals surface area contributed by atoms with E-state index in [1.165, 1.54) is 0 Å². The SMILES string of the molecule is c1ccc(-c2nc(-c3ccccc3)c(N3CCOCC3)c(N3CCOCC3)n2)cc1. The zero-order valence-corrected chi connectivity index (χ0v) is 17.0. The lowest BCUT2D eigenvalue weighted by Gasteiger charge is -2.36. The van der Waals surface area contributed by atoms with E-state index in [0.717, 1.165) is 73.5 Å². The smallest absolute Gasteiger partial charge is 0.162 e. The van der Waals surface area contributed by atoms with Crippen LogP contribution in [-0.4, -0.2) is 62.6 Å². The minimum Gasteiger partial charge on any atom is -0.378 e. The molecule has 2 aliphatic rings. The molecule has 0 unspecified atom stereocenters. The lowest BCUT2D eigenvalue weighted by atomic mass is 10.1. The van der Waals surface area contributed by atoms with E-state index in [9.17, 15) is 0 Å². The van der Waals surface area contributed by atoms with Gasteiger partial charge in [0.15, 0.2) is 11.6 Å². The summed E-state index contributed by atoms with van der Waals surface area (Å²) in [4.78, 5) is 14.9. The Labute approximate surface area is 177 Å². The molecular formula is C24H26N4O2. The average Bonchev–Trinajstić information content (AvgIpc) is 2.85. The molecule has 0 spiro atoms. The van der Waals surface area contributed by atoms with Crippen molar-refractivity contribution >= 4 is 11.5 Å². The predicted octanol–water partition coefficient (Wildman–Crippen LogP) is 3.48. The maximum absolute atomic E-state index is 5.63. The standard InChI is InChI=1S/C24H26N4O2/c1-3-7-19(8-4-1)21-22(27-11-15-29-16-12-27)24(28-13-17-30-18-14-28)26-23(25-21)20-9-5-2-6-10-20/h1-10H,11-18H2. The Morgan fingerprint density at radius 3 is 1.73 bits per heavy atom. The van der Waals surface area contributed by atoms with Crippen LogP contribution in [0.1, 0.15) is 0 Å². The minimum atomic E-state index is 0.716. The molecule has 0 radical (unpaired) electrons. The van der Waals surface area contributed by atoms with Crippen molar-refractivity contribution in [2.75, 3.05) is 62.4 Å². The monoisotopic (exact) mass is 402 g/mol. The Kier molecular flexibility index (Phi) is 5.59. The van der Waals surface area contributed by atoms with Gasteiger partial charge in [0.2, 0.25) is 0 Å². The summed E-state index contributed by atoms with van der Waals surface area (Å²) in [6.45, 7) is 6.21. The van der Waals surface area contributed by atoms with Crippen LogP contribution < -0.4 is 9.80 Å². The molecule has 3 aromatic rings. The Hall–Kier alpha value is -2.96. The van der Waals surface area contributed by atoms with Crippen molar-refractivity contribution in [1.29, 1.82) is 0 Å². The second-order valence-electron chi connectivity index (χ2n) is 7.50. The highest BCUT2D eigenvalue weighted by molar-refractivity contribution is 5.86. The van der Waals surface area contributed by atoms with E-state index in [-0.39, 0.29) is 0 Å². The Morgan fingerprint density at radius 2 is 1.13 bits per heavy atom. The van der Waals surface area contributed by atoms with E-state index in [2.05, 4.69) is 46.2 Å². The molecule has 6 heteroatoms. The average molecular weight is 402 g/mol. The van der Waals surface area contributed by atoms with Gasteiger partial charge in [-0.1, -0.05) is 60.7 Å². The number of hydrogen-bond acceptors (Lipinski definition) is 6. The van der Waals surface area contributed by atoms with Crippen LogP contribution in [-0.2, 0) is 9.47 Å². The summed E-state index contributed by atoms with van der Waals surface area (Å²) < 4.78 is 11.2. The fourth-order valence-corrected chi connectivity index (χ4v) is 4.03. The van der Waals surface area contributed by atoms with Crippen molar-refractivity contribution in [2.24, 2.45) is 0 Å². The van der Waals surface area contributed by atoms with Gasteiger partial charge >= 0.3 is 0 Å². The predicted molar refractivity (Wildman–Crippen MR) is 119 cm³/mol. The highest BCUT2D eigenvalue weighted by atomic mass is 16.5. The maximum Gasteiger partial charge on any atom is 0.162 e. The highest BCUT2D eigenvalue weighted by Gasteiger charge is 2.27. The fraction of sp³-hybridized carbons (Fsp3) is 0.333. The van der Waals surface area contributed by atoms with Crippen LogP contribution in [0.25, 0.3) is 22.6 Å². The van der Waals surface area contributed by atoms with Crippen molar-refractivity contribution in [3.05, 3.63) is 60.7 Å². The molecule has 2 aliphatic heterocycles. The first-order valence-corrected chi connectivity index (χ1v) is 10.6. The fourth-order valence-electron chi connectivity index (χ4n) is 4.03. The molecule has 0 aliphatic carbocycles. The zero-order valence-electron chi connectivity index (χ0n) is 17.0. The highest BCUT2D eigenvalue weighted by Crippen LogP contribution is 2.39. The van der Waals surface area contributed by atoms with Gasteiger partial charge in [-0.2, -0.15) is 0 Å². The molecule has 30 heavy (non-hydrogen) atoms. The summed E-state index contributed by atoms with van der Waals surface area (Å²) in [6.07, 6.45) is 0. The summed E-state index contributed by atoms with van der Waals surface area (Å²) in [7, 11) is 0. The van der Waals surface area contributed by atoms with Crippen LogP contribution in [0.2, 0.25) is 0 Å². The first kappa shape index (κ1) is 19.0. The molecule has 0 N–H and O–H groups in total. The molecule has 1 aromatic heterocycles. The first-order chi connectivity index (χ1) is 14.9. The Morgan fingerprint density at radius 1 is 0.600 bits per heavy atom. The van der Waals surface area contributed by atoms with E-state index >= 15 is 0 Å². The third-order valence-corrected chi connectivity index (χ3v) is 5.58. The third kappa shape index (κ3) is 3.88. The molecule has 2 aromatic carbocycles. The number of hydrogen-bond donors (Lipinski definition) is 0. The summed E-state index contributed by atoms with van der Waals surface area (Å²) in [5.41, 5.74) is 4.21. The number of aromatic nitrogens is 2. The van der Waals surface area contributed by atoms with E-state index < -0.39 is 0 Å². The molecular weight excluding hydrogens is 376 g/mol. The topological polar surface area (TPSA) is 50.7 Å². The van der Waals surface area contributed by atoms with Gasteiger partial charge in [0.25, 0.3) is 0 Å². The van der Waals surface area contributed by atoms with Crippen molar-refractivity contribution in [2.45, 2.75) is 0 Å². The van der Waals surface area contributed by atoms with Crippen LogP contribution in [0.3, 0.4) is 0 Å². The van der Waals surface area contributed by atoms with Gasteiger partial charge in [-0.05, 0) is 0 Å². The van der Waals surface area contributed by atoms with Gasteiger partial charge in [-0.3, -0.25) is 0 Å². The van der Waals surface area contributed by atoms with E-state index in [0.29, 0.717) is 13.2 Å². The quantitative estimate of drug-likeness (QED) is 0.666. The maximum atomic E-state index is 5.63. The van der Waals surface area contributed by atoms with Crippen molar-refractivity contribution in [3.8, 4) is 22.6 Å². The van der Waals surface area contributed by atoms with Crippen molar-refractivity contribution < 1.29 is 9.47 Å². The molecule has 5 rings (SSSR count). The van der Waals surface area contributed by atoms with Gasteiger partial charge in [0.05, 0.1) is 32.1 Å². The number of nitrogens with zero attached hydrogens (tertiary/aromatic N) is 4. The number of ether oxygens (including phenoxy) is 2. The number of anilines is 2. The van der Waals surface area contributed by atoms with Gasteiger partial charge in [0.1, 0.15) is 5.69 Å². The molecule has 2 fully saturated rings. The third-order valence-electron chi connectivity index (χ3n) is 5.58. The summed E-state index contributed by atoms with van der Waals surface area (Å²) in [5.74, 6) is 1.75. The zero-order chi connectivity index (χ0) is 20.2. The molecule has 154 valence electrons. The molecule has 0 saturated carbocycles. The normalized spacial score (nSPS) is 17.2. The number of rotatable bonds is 4. The van der Waals surface area contributed by atoms with Crippen LogP contribution in [0.5, 0.6) is 0 Å². The Bertz CT molecular complexity index is 969. The van der Waals surface area contributed by atoms with Crippen molar-refractivity contribution in [3.63, 3.8) is 0 Å². The molecule has 0 amide bonds. The van der Waals surface area contributed by atoms with Crippen LogP contribution >= 0.6 is 0 Å². The van der Waals surface area contributed by atoms with Gasteiger partial charge in [-0.25, -0.2) is 9.97 Å². The van der Waals surface area contributed by atoms with E-state index in [4.69, 9.17) is 19.4 Å². The molecule has 3 heterocycles. The minimum absolute atomic E-state index is 0.716. The summed E-state index contributed by atoms with van der Waals surface area (Å²) in [6, 6.07) is 20.7. The number of morpholine rings is 2. The van der Waals surface area contributed by atoms with Gasteiger partial charge < -0.3 is 19.3 Å². The molecule has 6 nitrogen and oxygen atoms in total. The molecule has 0 atom stereocenters. The van der Waals surface area contributed by atoms with Crippen LogP contribution in [0.4, 0.5) is 11.5 Å². The Balaban J connectivity index is 1.72. The first-order valence-electron chi connectivity index (χ1n) is 10.6. The number of benzene rings is 2. The second kappa shape index (κ2) is 8.81.